The van der Waals surface area contributed by atoms with E-state index >= 15 is 0 Å². The Hall–Kier alpha value is -3.36. The van der Waals surface area contributed by atoms with Crippen LogP contribution in [0.3, 0.4) is 0 Å². The molecule has 2 rings (SSSR count). The van der Waals surface area contributed by atoms with Gasteiger partial charge in [-0.3, -0.25) is 9.59 Å². The quantitative estimate of drug-likeness (QED) is 0.273. The molecule has 0 unspecified atom stereocenters. The number of benzene rings is 2. The van der Waals surface area contributed by atoms with E-state index in [1.54, 1.807) is 24.3 Å². The highest BCUT2D eigenvalue weighted by molar-refractivity contribution is 6.03. The number of halogens is 3. The van der Waals surface area contributed by atoms with Gasteiger partial charge in [0.1, 0.15) is 12.2 Å². The van der Waals surface area contributed by atoms with E-state index in [-0.39, 0.29) is 5.69 Å². The largest absolute Gasteiger partial charge is 0.494 e. The van der Waals surface area contributed by atoms with E-state index in [2.05, 4.69) is 22.8 Å². The molecule has 0 saturated heterocycles. The highest BCUT2D eigenvalue weighted by atomic mass is 19.4. The number of ether oxygens (including phenoxy) is 1. The van der Waals surface area contributed by atoms with Crippen molar-refractivity contribution in [2.75, 3.05) is 11.9 Å². The van der Waals surface area contributed by atoms with Crippen LogP contribution < -0.4 is 15.5 Å². The molecule has 0 aromatic heterocycles. The summed E-state index contributed by atoms with van der Waals surface area (Å²) in [7, 11) is 0. The fourth-order valence-corrected chi connectivity index (χ4v) is 2.33. The molecule has 0 bridgehead atoms. The highest BCUT2D eigenvalue weighted by Gasteiger charge is 2.30. The minimum absolute atomic E-state index is 0.0487. The Morgan fingerprint density at radius 3 is 2.50 bits per heavy atom. The van der Waals surface area contributed by atoms with E-state index in [9.17, 15) is 22.8 Å². The van der Waals surface area contributed by atoms with Crippen LogP contribution in [0.5, 0.6) is 5.75 Å². The minimum Gasteiger partial charge on any atom is -0.494 e. The van der Waals surface area contributed by atoms with E-state index in [0.717, 1.165) is 30.7 Å². The zero-order valence-corrected chi connectivity index (χ0v) is 16.3. The number of anilines is 1. The number of amides is 2. The van der Waals surface area contributed by atoms with Gasteiger partial charge in [-0.2, -0.15) is 18.3 Å². The third-order valence-electron chi connectivity index (χ3n) is 3.84. The third kappa shape index (κ3) is 7.94. The summed E-state index contributed by atoms with van der Waals surface area (Å²) in [6.07, 6.45) is -1.69. The van der Waals surface area contributed by atoms with Gasteiger partial charge in [0, 0.05) is 5.69 Å². The molecule has 2 N–H and O–H groups in total. The van der Waals surface area contributed by atoms with Crippen molar-refractivity contribution in [3.63, 3.8) is 0 Å². The lowest BCUT2D eigenvalue weighted by molar-refractivity contribution is -0.137. The molecule has 0 aliphatic heterocycles. The summed E-state index contributed by atoms with van der Waals surface area (Å²) in [6.45, 7) is 2.72. The lowest BCUT2D eigenvalue weighted by atomic mass is 10.2. The molecule has 0 spiro atoms. The molecule has 0 atom stereocenters. The van der Waals surface area contributed by atoms with Gasteiger partial charge in [-0.1, -0.05) is 19.4 Å². The summed E-state index contributed by atoms with van der Waals surface area (Å²) in [5.74, 6) is -0.721. The molecule has 2 aromatic rings. The number of nitrogens with one attached hydrogen (secondary N) is 2. The Morgan fingerprint density at radius 2 is 1.83 bits per heavy atom. The molecule has 0 aliphatic carbocycles. The molecule has 0 fully saturated rings. The fraction of sp³-hybridized carbons (Fsp3) is 0.286. The van der Waals surface area contributed by atoms with Crippen molar-refractivity contribution in [2.24, 2.45) is 5.10 Å². The maximum Gasteiger partial charge on any atom is 0.416 e. The highest BCUT2D eigenvalue weighted by Crippen LogP contribution is 2.30. The van der Waals surface area contributed by atoms with E-state index in [1.165, 1.54) is 18.3 Å². The first-order chi connectivity index (χ1) is 14.3. The van der Waals surface area contributed by atoms with Gasteiger partial charge in [-0.25, -0.2) is 5.43 Å². The third-order valence-corrected chi connectivity index (χ3v) is 3.84. The number of rotatable bonds is 9. The number of nitrogens with zero attached hydrogens (tertiary/aromatic N) is 1. The van der Waals surface area contributed by atoms with Gasteiger partial charge in [-0.15, -0.1) is 0 Å². The molecule has 160 valence electrons. The smallest absolute Gasteiger partial charge is 0.416 e. The maximum absolute atomic E-state index is 12.7. The molecule has 0 aliphatic rings. The Kier molecular flexibility index (Phi) is 8.40. The monoisotopic (exact) mass is 421 g/mol. The van der Waals surface area contributed by atoms with Crippen LogP contribution in [0.2, 0.25) is 0 Å². The normalized spacial score (nSPS) is 11.3. The average Bonchev–Trinajstić information content (AvgIpc) is 2.69. The molecule has 0 heterocycles. The predicted octanol–water partition coefficient (Wildman–Crippen LogP) is 4.36. The van der Waals surface area contributed by atoms with Crippen molar-refractivity contribution in [3.8, 4) is 5.75 Å². The number of unbranched alkanes of at least 4 members (excludes halogenated alkanes) is 1. The zero-order chi connectivity index (χ0) is 22.0. The first kappa shape index (κ1) is 22.9. The van der Waals surface area contributed by atoms with Gasteiger partial charge in [0.25, 0.3) is 0 Å². The number of hydrogen-bond acceptors (Lipinski definition) is 4. The van der Waals surface area contributed by atoms with Gasteiger partial charge in [0.2, 0.25) is 11.8 Å². The van der Waals surface area contributed by atoms with Crippen LogP contribution >= 0.6 is 0 Å². The lowest BCUT2D eigenvalue weighted by Gasteiger charge is -2.09. The number of hydrazone groups is 1. The summed E-state index contributed by atoms with van der Waals surface area (Å²) in [5, 5.41) is 6.01. The topological polar surface area (TPSA) is 79.8 Å². The molecular formula is C21H22F3N3O3. The van der Waals surface area contributed by atoms with Crippen LogP contribution in [0.1, 0.15) is 37.3 Å². The van der Waals surface area contributed by atoms with Crippen LogP contribution in [0.4, 0.5) is 18.9 Å². The Labute approximate surface area is 172 Å². The van der Waals surface area contributed by atoms with Crippen LogP contribution in [0.25, 0.3) is 0 Å². The molecular weight excluding hydrogens is 399 g/mol. The summed E-state index contributed by atoms with van der Waals surface area (Å²) in [4.78, 5) is 23.6. The van der Waals surface area contributed by atoms with Crippen molar-refractivity contribution in [1.29, 1.82) is 0 Å². The maximum atomic E-state index is 12.7. The Morgan fingerprint density at radius 1 is 1.10 bits per heavy atom. The standard InChI is InChI=1S/C21H22F3N3O3/c1-2-3-11-30-18-9-7-15(8-10-18)14-25-27-20(29)13-19(28)26-17-6-4-5-16(12-17)21(22,23)24/h4-10,12,14H,2-3,11,13H2,1H3,(H,26,28)(H,27,29). The molecule has 6 nitrogen and oxygen atoms in total. The van der Waals surface area contributed by atoms with Gasteiger partial charge in [-0.05, 0) is 54.4 Å². The van der Waals surface area contributed by atoms with Gasteiger partial charge < -0.3 is 10.1 Å². The summed E-state index contributed by atoms with van der Waals surface area (Å²) >= 11 is 0. The summed E-state index contributed by atoms with van der Waals surface area (Å²) in [6, 6.07) is 11.2. The van der Waals surface area contributed by atoms with Crippen LogP contribution in [-0.2, 0) is 15.8 Å². The van der Waals surface area contributed by atoms with Crippen molar-refractivity contribution < 1.29 is 27.5 Å². The Balaban J connectivity index is 1.79. The first-order valence-electron chi connectivity index (χ1n) is 9.30. The number of alkyl halides is 3. The predicted molar refractivity (Wildman–Crippen MR) is 107 cm³/mol. The molecule has 2 aromatic carbocycles. The van der Waals surface area contributed by atoms with Crippen molar-refractivity contribution in [2.45, 2.75) is 32.4 Å². The number of carbonyl (C=O) groups is 2. The molecule has 0 saturated carbocycles. The molecule has 0 radical (unpaired) electrons. The second kappa shape index (κ2) is 11.0. The second-order valence-electron chi connectivity index (χ2n) is 6.37. The van der Waals surface area contributed by atoms with E-state index in [1.807, 2.05) is 0 Å². The van der Waals surface area contributed by atoms with Gasteiger partial charge >= 0.3 is 6.18 Å². The molecule has 2 amide bonds. The van der Waals surface area contributed by atoms with Gasteiger partial charge in [0.15, 0.2) is 0 Å². The van der Waals surface area contributed by atoms with Crippen LogP contribution in [0, 0.1) is 0 Å². The lowest BCUT2D eigenvalue weighted by Crippen LogP contribution is -2.24. The Bertz CT molecular complexity index is 881. The summed E-state index contributed by atoms with van der Waals surface area (Å²) in [5.41, 5.74) is 1.97. The first-order valence-corrected chi connectivity index (χ1v) is 9.30. The van der Waals surface area contributed by atoms with E-state index in [4.69, 9.17) is 4.74 Å². The molecule has 9 heteroatoms. The van der Waals surface area contributed by atoms with Crippen molar-refractivity contribution in [3.05, 3.63) is 59.7 Å². The van der Waals surface area contributed by atoms with E-state index in [0.29, 0.717) is 12.2 Å². The van der Waals surface area contributed by atoms with Crippen LogP contribution in [0.15, 0.2) is 53.6 Å². The zero-order valence-electron chi connectivity index (χ0n) is 16.3. The minimum atomic E-state index is -4.52. The number of hydrogen-bond donors (Lipinski definition) is 2. The van der Waals surface area contributed by atoms with Crippen molar-refractivity contribution in [1.82, 2.24) is 5.43 Å². The second-order valence-corrected chi connectivity index (χ2v) is 6.37. The number of carbonyl (C=O) groups excluding carboxylic acids is 2. The SMILES string of the molecule is CCCCOc1ccc(C=NNC(=O)CC(=O)Nc2cccc(C(F)(F)F)c2)cc1. The van der Waals surface area contributed by atoms with E-state index < -0.39 is 30.0 Å². The molecule has 30 heavy (non-hydrogen) atoms. The van der Waals surface area contributed by atoms with Gasteiger partial charge in [0.05, 0.1) is 18.4 Å². The van der Waals surface area contributed by atoms with Crippen molar-refractivity contribution >= 4 is 23.7 Å². The average molecular weight is 421 g/mol. The fourth-order valence-electron chi connectivity index (χ4n) is 2.33. The summed E-state index contributed by atoms with van der Waals surface area (Å²) < 4.78 is 43.6. The van der Waals surface area contributed by atoms with Crippen LogP contribution in [-0.4, -0.2) is 24.6 Å².